The number of carbonyl (C=O) groups excluding carboxylic acids is 2. The molecule has 1 heterocycles. The van der Waals surface area contributed by atoms with Crippen LogP contribution >= 0.6 is 0 Å². The number of ether oxygens (including phenoxy) is 1. The molecule has 1 aromatic heterocycles. The number of nitrogens with zero attached hydrogens (tertiary/aromatic N) is 1. The van der Waals surface area contributed by atoms with Crippen molar-refractivity contribution >= 4 is 22.8 Å². The van der Waals surface area contributed by atoms with E-state index in [1.165, 1.54) is 6.42 Å². The summed E-state index contributed by atoms with van der Waals surface area (Å²) in [5, 5.41) is 3.46. The third-order valence-corrected chi connectivity index (χ3v) is 5.05. The Kier molecular flexibility index (Phi) is 6.21. The minimum Gasteiger partial charge on any atom is -0.456 e. The van der Waals surface area contributed by atoms with Crippen LogP contribution in [0, 0.1) is 5.92 Å². The number of carbonyl (C=O) groups is 2. The second-order valence-electron chi connectivity index (χ2n) is 7.13. The van der Waals surface area contributed by atoms with Crippen LogP contribution in [0.4, 0.5) is 0 Å². The molecule has 7 nitrogen and oxygen atoms in total. The van der Waals surface area contributed by atoms with Gasteiger partial charge in [0.1, 0.15) is 5.82 Å². The number of para-hydroxylation sites is 1. The highest BCUT2D eigenvalue weighted by Crippen LogP contribution is 2.23. The Morgan fingerprint density at radius 3 is 2.85 bits per heavy atom. The number of esters is 1. The Bertz CT molecular complexity index is 877. The van der Waals surface area contributed by atoms with Gasteiger partial charge in [-0.15, -0.1) is 0 Å². The lowest BCUT2D eigenvalue weighted by atomic mass is 9.86. The fourth-order valence-corrected chi connectivity index (χ4v) is 3.47. The molecule has 144 valence electrons. The van der Waals surface area contributed by atoms with Crippen LogP contribution in [0.3, 0.4) is 0 Å². The molecule has 1 saturated carbocycles. The van der Waals surface area contributed by atoms with Crippen molar-refractivity contribution in [2.45, 2.75) is 51.5 Å². The van der Waals surface area contributed by atoms with E-state index in [0.717, 1.165) is 19.3 Å². The maximum atomic E-state index is 12.0. The monoisotopic (exact) mass is 371 g/mol. The van der Waals surface area contributed by atoms with Crippen molar-refractivity contribution in [3.63, 3.8) is 0 Å². The van der Waals surface area contributed by atoms with Gasteiger partial charge in [-0.3, -0.25) is 14.4 Å². The van der Waals surface area contributed by atoms with Crippen LogP contribution in [-0.2, 0) is 20.7 Å². The second-order valence-corrected chi connectivity index (χ2v) is 7.13. The maximum absolute atomic E-state index is 12.0. The standard InChI is InChI=1S/C20H25N3O4/c1-13-6-2-4-8-15(13)22-18(24)12-27-19(25)11-10-17-21-16-9-5-3-7-14(16)20(26)23-17/h3,5,7,9,13,15H,2,4,6,8,10-12H2,1H3,(H,22,24)(H,21,23,26)/t13-,15+/m0/s1. The number of hydrogen-bond acceptors (Lipinski definition) is 5. The van der Waals surface area contributed by atoms with Gasteiger partial charge in [0.15, 0.2) is 6.61 Å². The van der Waals surface area contributed by atoms with Gasteiger partial charge in [-0.05, 0) is 30.9 Å². The zero-order valence-electron chi connectivity index (χ0n) is 15.5. The number of hydrogen-bond donors (Lipinski definition) is 2. The van der Waals surface area contributed by atoms with E-state index < -0.39 is 5.97 Å². The molecule has 1 aromatic carbocycles. The van der Waals surface area contributed by atoms with E-state index in [9.17, 15) is 14.4 Å². The highest BCUT2D eigenvalue weighted by atomic mass is 16.5. The number of rotatable bonds is 6. The van der Waals surface area contributed by atoms with Crippen LogP contribution in [0.15, 0.2) is 29.1 Å². The molecule has 0 radical (unpaired) electrons. The number of H-pyrrole nitrogens is 1. The number of amides is 1. The van der Waals surface area contributed by atoms with Gasteiger partial charge in [0, 0.05) is 12.5 Å². The minimum atomic E-state index is -0.488. The number of benzene rings is 1. The first-order valence-electron chi connectivity index (χ1n) is 9.46. The van der Waals surface area contributed by atoms with Gasteiger partial charge in [-0.25, -0.2) is 4.98 Å². The normalized spacial score (nSPS) is 19.6. The van der Waals surface area contributed by atoms with Gasteiger partial charge >= 0.3 is 5.97 Å². The molecule has 3 rings (SSSR count). The number of aryl methyl sites for hydroxylation is 1. The predicted octanol–water partition coefficient (Wildman–Crippen LogP) is 2.09. The van der Waals surface area contributed by atoms with E-state index in [1.807, 2.05) is 0 Å². The van der Waals surface area contributed by atoms with E-state index >= 15 is 0 Å². The average Bonchev–Trinajstić information content (AvgIpc) is 2.66. The molecule has 2 aromatic rings. The quantitative estimate of drug-likeness (QED) is 0.757. The van der Waals surface area contributed by atoms with E-state index in [2.05, 4.69) is 22.2 Å². The molecule has 0 unspecified atom stereocenters. The first-order valence-corrected chi connectivity index (χ1v) is 9.46. The summed E-state index contributed by atoms with van der Waals surface area (Å²) in [5.41, 5.74) is 0.357. The molecule has 2 atom stereocenters. The van der Waals surface area contributed by atoms with Crippen LogP contribution in [-0.4, -0.2) is 34.5 Å². The summed E-state index contributed by atoms with van der Waals surface area (Å²) in [6.07, 6.45) is 4.71. The molecular weight excluding hydrogens is 346 g/mol. The number of aromatic amines is 1. The lowest BCUT2D eigenvalue weighted by Crippen LogP contribution is -2.42. The summed E-state index contributed by atoms with van der Waals surface area (Å²) < 4.78 is 5.05. The lowest BCUT2D eigenvalue weighted by Gasteiger charge is -2.29. The second kappa shape index (κ2) is 8.79. The van der Waals surface area contributed by atoms with Gasteiger partial charge in [-0.1, -0.05) is 31.9 Å². The summed E-state index contributed by atoms with van der Waals surface area (Å²) in [4.78, 5) is 42.9. The van der Waals surface area contributed by atoms with Crippen LogP contribution in [0.2, 0.25) is 0 Å². The van der Waals surface area contributed by atoms with Gasteiger partial charge < -0.3 is 15.0 Å². The zero-order chi connectivity index (χ0) is 19.2. The molecule has 0 bridgehead atoms. The van der Waals surface area contributed by atoms with Gasteiger partial charge in [0.25, 0.3) is 11.5 Å². The molecule has 1 fully saturated rings. The summed E-state index contributed by atoms with van der Waals surface area (Å²) >= 11 is 0. The average molecular weight is 371 g/mol. The Hall–Kier alpha value is -2.70. The molecule has 27 heavy (non-hydrogen) atoms. The Morgan fingerprint density at radius 1 is 1.26 bits per heavy atom. The molecule has 1 amide bonds. The largest absolute Gasteiger partial charge is 0.456 e. The van der Waals surface area contributed by atoms with Gasteiger partial charge in [0.05, 0.1) is 17.3 Å². The van der Waals surface area contributed by atoms with Crippen molar-refractivity contribution in [1.82, 2.24) is 15.3 Å². The van der Waals surface area contributed by atoms with E-state index in [1.54, 1.807) is 24.3 Å². The molecule has 7 heteroatoms. The molecule has 0 spiro atoms. The summed E-state index contributed by atoms with van der Waals surface area (Å²) in [7, 11) is 0. The smallest absolute Gasteiger partial charge is 0.306 e. The maximum Gasteiger partial charge on any atom is 0.306 e. The topological polar surface area (TPSA) is 101 Å². The summed E-state index contributed by atoms with van der Waals surface area (Å²) in [6, 6.07) is 7.19. The fourth-order valence-electron chi connectivity index (χ4n) is 3.47. The van der Waals surface area contributed by atoms with E-state index in [4.69, 9.17) is 4.74 Å². The van der Waals surface area contributed by atoms with E-state index in [-0.39, 0.29) is 37.0 Å². The third kappa shape index (κ3) is 5.15. The number of fused-ring (bicyclic) bond motifs is 1. The Morgan fingerprint density at radius 2 is 2.04 bits per heavy atom. The van der Waals surface area contributed by atoms with Crippen LogP contribution < -0.4 is 10.9 Å². The Labute approximate surface area is 157 Å². The third-order valence-electron chi connectivity index (χ3n) is 5.05. The highest BCUT2D eigenvalue weighted by molar-refractivity contribution is 5.81. The van der Waals surface area contributed by atoms with Crippen molar-refractivity contribution in [2.75, 3.05) is 6.61 Å². The molecule has 2 N–H and O–H groups in total. The number of nitrogens with one attached hydrogen (secondary N) is 2. The SMILES string of the molecule is C[C@H]1CCCC[C@H]1NC(=O)COC(=O)CCc1nc2ccccc2c(=O)[nH]1. The van der Waals surface area contributed by atoms with E-state index in [0.29, 0.717) is 22.6 Å². The summed E-state index contributed by atoms with van der Waals surface area (Å²) in [5.74, 6) is 0.127. The van der Waals surface area contributed by atoms with Crippen LogP contribution in [0.1, 0.15) is 44.9 Å². The minimum absolute atomic E-state index is 0.0500. The molecule has 0 saturated heterocycles. The van der Waals surface area contributed by atoms with Crippen LogP contribution in [0.5, 0.6) is 0 Å². The predicted molar refractivity (Wildman–Crippen MR) is 101 cm³/mol. The van der Waals surface area contributed by atoms with Crippen molar-refractivity contribution in [2.24, 2.45) is 5.92 Å². The first-order chi connectivity index (χ1) is 13.0. The molecule has 1 aliphatic rings. The van der Waals surface area contributed by atoms with Crippen molar-refractivity contribution in [1.29, 1.82) is 0 Å². The molecule has 1 aliphatic carbocycles. The van der Waals surface area contributed by atoms with Crippen molar-refractivity contribution < 1.29 is 14.3 Å². The molecular formula is C20H25N3O4. The van der Waals surface area contributed by atoms with Crippen LogP contribution in [0.25, 0.3) is 10.9 Å². The van der Waals surface area contributed by atoms with Crippen molar-refractivity contribution in [3.8, 4) is 0 Å². The van der Waals surface area contributed by atoms with Gasteiger partial charge in [0.2, 0.25) is 0 Å². The first kappa shape index (κ1) is 19.1. The number of aromatic nitrogens is 2. The zero-order valence-corrected chi connectivity index (χ0v) is 15.5. The highest BCUT2D eigenvalue weighted by Gasteiger charge is 2.23. The molecule has 0 aliphatic heterocycles. The summed E-state index contributed by atoms with van der Waals surface area (Å²) in [6.45, 7) is 1.86. The fraction of sp³-hybridized carbons (Fsp3) is 0.500. The Balaban J connectivity index is 1.45. The lowest BCUT2D eigenvalue weighted by molar-refractivity contribution is -0.148. The van der Waals surface area contributed by atoms with Gasteiger partial charge in [-0.2, -0.15) is 0 Å². The van der Waals surface area contributed by atoms with Crippen molar-refractivity contribution in [3.05, 3.63) is 40.4 Å².